The van der Waals surface area contributed by atoms with Crippen LogP contribution in [-0.4, -0.2) is 43.0 Å². The molecule has 152 valence electrons. The monoisotopic (exact) mass is 398 g/mol. The molecule has 6 nitrogen and oxygen atoms in total. The standard InChI is InChI=1S/C22H23FN2O4/c23-17-6-2-1-5-16(17)22(27)24-14-21(26)25-10-3-7-18(25)15-8-9-19-20(13-15)29-12-4-11-28-19/h1-2,5-6,8-9,13,18H,3-4,7,10-12,14H2,(H,24,27)/t18-/m0/s1. The molecule has 2 aromatic carbocycles. The fourth-order valence-corrected chi connectivity index (χ4v) is 3.80. The highest BCUT2D eigenvalue weighted by molar-refractivity contribution is 5.96. The lowest BCUT2D eigenvalue weighted by atomic mass is 10.0. The highest BCUT2D eigenvalue weighted by Gasteiger charge is 2.31. The SMILES string of the molecule is O=C(NCC(=O)N1CCC[C@H]1c1ccc2c(c1)OCCCO2)c1ccccc1F. The average Bonchev–Trinajstić information content (AvgIpc) is 3.11. The Bertz CT molecular complexity index is 917. The predicted molar refractivity (Wildman–Crippen MR) is 104 cm³/mol. The largest absolute Gasteiger partial charge is 0.490 e. The van der Waals surface area contributed by atoms with Gasteiger partial charge in [0.2, 0.25) is 5.91 Å². The molecule has 2 aromatic rings. The number of carbonyl (C=O) groups excluding carboxylic acids is 2. The number of likely N-dealkylation sites (tertiary alicyclic amines) is 1. The summed E-state index contributed by atoms with van der Waals surface area (Å²) in [5.41, 5.74) is 0.918. The van der Waals surface area contributed by atoms with Crippen LogP contribution in [0.1, 0.15) is 41.2 Å². The molecule has 2 heterocycles. The lowest BCUT2D eigenvalue weighted by molar-refractivity contribution is -0.131. The number of amides is 2. The van der Waals surface area contributed by atoms with Crippen LogP contribution in [0.4, 0.5) is 4.39 Å². The maximum atomic E-state index is 13.7. The minimum absolute atomic E-state index is 0.0684. The first-order valence-electron chi connectivity index (χ1n) is 9.85. The number of halogens is 1. The first-order chi connectivity index (χ1) is 14.1. The minimum Gasteiger partial charge on any atom is -0.490 e. The number of rotatable bonds is 4. The van der Waals surface area contributed by atoms with E-state index in [9.17, 15) is 14.0 Å². The van der Waals surface area contributed by atoms with Crippen LogP contribution in [0.2, 0.25) is 0 Å². The summed E-state index contributed by atoms with van der Waals surface area (Å²) in [6.07, 6.45) is 2.55. The molecule has 0 aromatic heterocycles. The van der Waals surface area contributed by atoms with E-state index in [0.717, 1.165) is 30.6 Å². The molecule has 2 amide bonds. The van der Waals surface area contributed by atoms with Crippen molar-refractivity contribution in [3.63, 3.8) is 0 Å². The van der Waals surface area contributed by atoms with E-state index in [0.29, 0.717) is 25.5 Å². The molecule has 1 saturated heterocycles. The van der Waals surface area contributed by atoms with Gasteiger partial charge in [-0.3, -0.25) is 9.59 Å². The molecule has 2 aliphatic rings. The van der Waals surface area contributed by atoms with E-state index in [4.69, 9.17) is 9.47 Å². The van der Waals surface area contributed by atoms with Gasteiger partial charge in [0.05, 0.1) is 31.4 Å². The Morgan fingerprint density at radius 2 is 1.86 bits per heavy atom. The smallest absolute Gasteiger partial charge is 0.254 e. The highest BCUT2D eigenvalue weighted by Crippen LogP contribution is 2.37. The van der Waals surface area contributed by atoms with Crippen molar-refractivity contribution in [1.29, 1.82) is 0 Å². The maximum Gasteiger partial charge on any atom is 0.254 e. The molecule has 4 rings (SSSR count). The summed E-state index contributed by atoms with van der Waals surface area (Å²) < 4.78 is 25.2. The third kappa shape index (κ3) is 4.18. The van der Waals surface area contributed by atoms with Crippen LogP contribution in [0.25, 0.3) is 0 Å². The summed E-state index contributed by atoms with van der Waals surface area (Å²) in [5.74, 6) is 0.0298. The number of hydrogen-bond donors (Lipinski definition) is 1. The molecule has 1 N–H and O–H groups in total. The van der Waals surface area contributed by atoms with Crippen molar-refractivity contribution in [2.45, 2.75) is 25.3 Å². The fourth-order valence-electron chi connectivity index (χ4n) is 3.80. The Balaban J connectivity index is 1.43. The zero-order valence-electron chi connectivity index (χ0n) is 16.0. The molecular weight excluding hydrogens is 375 g/mol. The Labute approximate surface area is 168 Å². The predicted octanol–water partition coefficient (Wildman–Crippen LogP) is 3.08. The van der Waals surface area contributed by atoms with E-state index >= 15 is 0 Å². The van der Waals surface area contributed by atoms with Crippen molar-refractivity contribution in [2.24, 2.45) is 0 Å². The number of benzene rings is 2. The molecule has 0 radical (unpaired) electrons. The molecule has 1 atom stereocenters. The second kappa shape index (κ2) is 8.51. The van der Waals surface area contributed by atoms with Gasteiger partial charge >= 0.3 is 0 Å². The lowest BCUT2D eigenvalue weighted by Gasteiger charge is -2.26. The van der Waals surface area contributed by atoms with Gasteiger partial charge in [-0.15, -0.1) is 0 Å². The number of fused-ring (bicyclic) bond motifs is 1. The normalized spacial score (nSPS) is 18.2. The highest BCUT2D eigenvalue weighted by atomic mass is 19.1. The van der Waals surface area contributed by atoms with E-state index in [1.807, 2.05) is 18.2 Å². The molecule has 2 aliphatic heterocycles. The molecular formula is C22H23FN2O4. The van der Waals surface area contributed by atoms with Crippen LogP contribution in [0.5, 0.6) is 11.5 Å². The first-order valence-corrected chi connectivity index (χ1v) is 9.85. The van der Waals surface area contributed by atoms with Crippen LogP contribution in [0.15, 0.2) is 42.5 Å². The van der Waals surface area contributed by atoms with Gasteiger partial charge in [0.25, 0.3) is 5.91 Å². The summed E-state index contributed by atoms with van der Waals surface area (Å²) in [5, 5.41) is 2.53. The van der Waals surface area contributed by atoms with Gasteiger partial charge in [0, 0.05) is 13.0 Å². The summed E-state index contributed by atoms with van der Waals surface area (Å²) in [7, 11) is 0. The molecule has 0 unspecified atom stereocenters. The van der Waals surface area contributed by atoms with Crippen LogP contribution in [0.3, 0.4) is 0 Å². The Morgan fingerprint density at radius 3 is 2.69 bits per heavy atom. The van der Waals surface area contributed by atoms with Crippen molar-refractivity contribution in [2.75, 3.05) is 26.3 Å². The van der Waals surface area contributed by atoms with Gasteiger partial charge in [-0.2, -0.15) is 0 Å². The van der Waals surface area contributed by atoms with Crippen molar-refractivity contribution < 1.29 is 23.5 Å². The summed E-state index contributed by atoms with van der Waals surface area (Å²) in [6, 6.07) is 11.4. The van der Waals surface area contributed by atoms with Crippen LogP contribution in [0, 0.1) is 5.82 Å². The van der Waals surface area contributed by atoms with Crippen molar-refractivity contribution >= 4 is 11.8 Å². The molecule has 1 fully saturated rings. The topological polar surface area (TPSA) is 67.9 Å². The Hall–Kier alpha value is -3.09. The van der Waals surface area contributed by atoms with Gasteiger partial charge < -0.3 is 19.7 Å². The molecule has 0 saturated carbocycles. The van der Waals surface area contributed by atoms with Crippen molar-refractivity contribution in [1.82, 2.24) is 10.2 Å². The second-order valence-electron chi connectivity index (χ2n) is 7.16. The minimum atomic E-state index is -0.608. The third-order valence-electron chi connectivity index (χ3n) is 5.25. The zero-order valence-corrected chi connectivity index (χ0v) is 16.0. The van der Waals surface area contributed by atoms with Crippen molar-refractivity contribution in [3.8, 4) is 11.5 Å². The Kier molecular flexibility index (Phi) is 5.64. The summed E-state index contributed by atoms with van der Waals surface area (Å²) in [4.78, 5) is 26.7. The van der Waals surface area contributed by atoms with Gasteiger partial charge in [-0.25, -0.2) is 4.39 Å². The molecule has 7 heteroatoms. The molecule has 0 bridgehead atoms. The lowest BCUT2D eigenvalue weighted by Crippen LogP contribution is -2.40. The summed E-state index contributed by atoms with van der Waals surface area (Å²) in [6.45, 7) is 1.68. The number of nitrogens with one attached hydrogen (secondary N) is 1. The summed E-state index contributed by atoms with van der Waals surface area (Å²) >= 11 is 0. The average molecular weight is 398 g/mol. The van der Waals surface area contributed by atoms with E-state index in [1.165, 1.54) is 18.2 Å². The van der Waals surface area contributed by atoms with Crippen molar-refractivity contribution in [3.05, 3.63) is 59.4 Å². The van der Waals surface area contributed by atoms with E-state index < -0.39 is 11.7 Å². The molecule has 29 heavy (non-hydrogen) atoms. The fraction of sp³-hybridized carbons (Fsp3) is 0.364. The second-order valence-corrected chi connectivity index (χ2v) is 7.16. The van der Waals surface area contributed by atoms with Gasteiger partial charge in [0.1, 0.15) is 5.82 Å². The van der Waals surface area contributed by atoms with Crippen LogP contribution < -0.4 is 14.8 Å². The number of nitrogens with zero attached hydrogens (tertiary/aromatic N) is 1. The van der Waals surface area contributed by atoms with E-state index in [1.54, 1.807) is 11.0 Å². The van der Waals surface area contributed by atoms with E-state index in [2.05, 4.69) is 5.32 Å². The van der Waals surface area contributed by atoms with Gasteiger partial charge in [-0.05, 0) is 42.7 Å². The third-order valence-corrected chi connectivity index (χ3v) is 5.25. The number of carbonyl (C=O) groups is 2. The number of ether oxygens (including phenoxy) is 2. The van der Waals surface area contributed by atoms with Crippen LogP contribution >= 0.6 is 0 Å². The Morgan fingerprint density at radius 1 is 1.07 bits per heavy atom. The van der Waals surface area contributed by atoms with E-state index in [-0.39, 0.29) is 24.1 Å². The molecule has 0 aliphatic carbocycles. The maximum absolute atomic E-state index is 13.7. The van der Waals surface area contributed by atoms with Crippen LogP contribution in [-0.2, 0) is 4.79 Å². The van der Waals surface area contributed by atoms with Gasteiger partial charge in [0.15, 0.2) is 11.5 Å². The van der Waals surface area contributed by atoms with Gasteiger partial charge in [-0.1, -0.05) is 18.2 Å². The first kappa shape index (κ1) is 19.2. The zero-order chi connectivity index (χ0) is 20.2. The number of hydrogen-bond acceptors (Lipinski definition) is 4. The molecule has 0 spiro atoms. The quantitative estimate of drug-likeness (QED) is 0.860.